The lowest BCUT2D eigenvalue weighted by molar-refractivity contribution is -0.0478. The molecule has 1 unspecified atom stereocenters. The third-order valence-corrected chi connectivity index (χ3v) is 2.06. The highest BCUT2D eigenvalue weighted by molar-refractivity contribution is 7.99. The molecule has 1 rings (SSSR count). The van der Waals surface area contributed by atoms with Gasteiger partial charge in [-0.3, -0.25) is 0 Å². The molecule has 3 nitrogen and oxygen atoms in total. The van der Waals surface area contributed by atoms with Crippen LogP contribution in [0.4, 0.5) is 0 Å². The van der Waals surface area contributed by atoms with Crippen molar-refractivity contribution in [3.05, 3.63) is 0 Å². The quantitative estimate of drug-likeness (QED) is 0.580. The number of rotatable bonds is 1. The number of hydrogen-bond acceptors (Lipinski definition) is 4. The van der Waals surface area contributed by atoms with Gasteiger partial charge in [-0.1, -0.05) is 0 Å². The van der Waals surface area contributed by atoms with Gasteiger partial charge in [-0.15, -0.1) is 11.8 Å². The Morgan fingerprint density at radius 2 is 2.56 bits per heavy atom. The molecule has 9 heavy (non-hydrogen) atoms. The van der Waals surface area contributed by atoms with E-state index in [2.05, 4.69) is 0 Å². The van der Waals surface area contributed by atoms with Crippen LogP contribution in [0.3, 0.4) is 0 Å². The minimum Gasteiger partial charge on any atom is -0.379 e. The predicted molar refractivity (Wildman–Crippen MR) is 36.8 cm³/mol. The van der Waals surface area contributed by atoms with Gasteiger partial charge in [0.2, 0.25) is 0 Å². The molecule has 1 aliphatic rings. The van der Waals surface area contributed by atoms with Gasteiger partial charge in [-0.05, 0) is 6.92 Å². The molecule has 1 atom stereocenters. The van der Waals surface area contributed by atoms with E-state index in [4.69, 9.17) is 9.84 Å². The van der Waals surface area contributed by atoms with Crippen molar-refractivity contribution < 1.29 is 9.84 Å². The standard InChI is InChI=1S/C5H11NO2S/c1-5(7)6-2-8-4-9-3-6/h5,7H,2-4H2,1H3. The average Bonchev–Trinajstić information content (AvgIpc) is 1.90. The zero-order valence-corrected chi connectivity index (χ0v) is 6.23. The van der Waals surface area contributed by atoms with Crippen molar-refractivity contribution in [2.24, 2.45) is 0 Å². The van der Waals surface area contributed by atoms with E-state index in [0.29, 0.717) is 6.73 Å². The Bertz CT molecular complexity index is 83.0. The number of aliphatic hydroxyl groups excluding tert-OH is 1. The molecule has 0 aromatic heterocycles. The Morgan fingerprint density at radius 1 is 1.78 bits per heavy atom. The minimum absolute atomic E-state index is 0.377. The summed E-state index contributed by atoms with van der Waals surface area (Å²) < 4.78 is 5.07. The van der Waals surface area contributed by atoms with E-state index >= 15 is 0 Å². The maximum atomic E-state index is 9.01. The first kappa shape index (κ1) is 7.34. The summed E-state index contributed by atoms with van der Waals surface area (Å²) >= 11 is 1.68. The number of thioether (sulfide) groups is 1. The van der Waals surface area contributed by atoms with Crippen LogP contribution < -0.4 is 0 Å². The highest BCUT2D eigenvalue weighted by Crippen LogP contribution is 2.12. The molecule has 0 aromatic rings. The predicted octanol–water partition coefficient (Wildman–Crippen LogP) is 0.263. The maximum absolute atomic E-state index is 9.01. The van der Waals surface area contributed by atoms with Crippen molar-refractivity contribution in [3.8, 4) is 0 Å². The Hall–Kier alpha value is 0.230. The maximum Gasteiger partial charge on any atom is 0.106 e. The van der Waals surface area contributed by atoms with Gasteiger partial charge in [-0.2, -0.15) is 0 Å². The Labute approximate surface area is 59.0 Å². The lowest BCUT2D eigenvalue weighted by Crippen LogP contribution is -2.37. The highest BCUT2D eigenvalue weighted by atomic mass is 32.2. The summed E-state index contributed by atoms with van der Waals surface area (Å²) in [6, 6.07) is 0. The van der Waals surface area contributed by atoms with E-state index in [0.717, 1.165) is 11.8 Å². The Balaban J connectivity index is 2.23. The fourth-order valence-corrected chi connectivity index (χ4v) is 1.41. The molecule has 54 valence electrons. The molecule has 0 aliphatic carbocycles. The molecule has 0 saturated carbocycles. The molecule has 1 heterocycles. The number of hydrogen-bond donors (Lipinski definition) is 1. The van der Waals surface area contributed by atoms with Gasteiger partial charge in [0.1, 0.15) is 13.0 Å². The summed E-state index contributed by atoms with van der Waals surface area (Å²) in [5.41, 5.74) is 0. The van der Waals surface area contributed by atoms with E-state index in [1.807, 2.05) is 4.90 Å². The van der Waals surface area contributed by atoms with Gasteiger partial charge < -0.3 is 9.84 Å². The Morgan fingerprint density at radius 3 is 2.89 bits per heavy atom. The lowest BCUT2D eigenvalue weighted by atomic mass is 10.6. The second-order valence-corrected chi connectivity index (χ2v) is 2.91. The third-order valence-electron chi connectivity index (χ3n) is 1.21. The molecule has 0 spiro atoms. The van der Waals surface area contributed by atoms with Crippen LogP contribution in [0.1, 0.15) is 6.92 Å². The molecule has 4 heteroatoms. The van der Waals surface area contributed by atoms with Gasteiger partial charge in [-0.25, -0.2) is 4.90 Å². The average molecular weight is 149 g/mol. The van der Waals surface area contributed by atoms with E-state index < -0.39 is 0 Å². The fourth-order valence-electron chi connectivity index (χ4n) is 0.621. The van der Waals surface area contributed by atoms with E-state index in [1.54, 1.807) is 18.7 Å². The summed E-state index contributed by atoms with van der Waals surface area (Å²) in [4.78, 5) is 1.86. The van der Waals surface area contributed by atoms with Crippen LogP contribution in [0, 0.1) is 0 Å². The van der Waals surface area contributed by atoms with E-state index in [1.165, 1.54) is 0 Å². The van der Waals surface area contributed by atoms with Crippen LogP contribution in [-0.4, -0.2) is 34.8 Å². The van der Waals surface area contributed by atoms with Crippen LogP contribution >= 0.6 is 11.8 Å². The number of nitrogens with zero attached hydrogens (tertiary/aromatic N) is 1. The van der Waals surface area contributed by atoms with Gasteiger partial charge in [0.25, 0.3) is 0 Å². The SMILES string of the molecule is CC(O)N1COCSC1. The molecule has 0 aromatic carbocycles. The lowest BCUT2D eigenvalue weighted by Gasteiger charge is -2.28. The molecule has 1 N–H and O–H groups in total. The third kappa shape index (κ3) is 2.14. The molecule has 1 saturated heterocycles. The van der Waals surface area contributed by atoms with Crippen molar-refractivity contribution in [2.75, 3.05) is 18.5 Å². The monoisotopic (exact) mass is 149 g/mol. The van der Waals surface area contributed by atoms with Crippen LogP contribution in [0.15, 0.2) is 0 Å². The second-order valence-electron chi connectivity index (χ2n) is 2.00. The van der Waals surface area contributed by atoms with Crippen molar-refractivity contribution in [1.29, 1.82) is 0 Å². The molecular weight excluding hydrogens is 138 g/mol. The molecular formula is C5H11NO2S. The smallest absolute Gasteiger partial charge is 0.106 e. The first-order chi connectivity index (χ1) is 4.30. The number of aliphatic hydroxyl groups is 1. The van der Waals surface area contributed by atoms with Crippen LogP contribution in [-0.2, 0) is 4.74 Å². The van der Waals surface area contributed by atoms with Gasteiger partial charge in [0, 0.05) is 0 Å². The normalized spacial score (nSPS) is 26.0. The highest BCUT2D eigenvalue weighted by Gasteiger charge is 2.13. The van der Waals surface area contributed by atoms with Gasteiger partial charge >= 0.3 is 0 Å². The largest absolute Gasteiger partial charge is 0.379 e. The number of ether oxygens (including phenoxy) is 1. The Kier molecular flexibility index (Phi) is 2.78. The fraction of sp³-hybridized carbons (Fsp3) is 1.00. The van der Waals surface area contributed by atoms with E-state index in [-0.39, 0.29) is 6.23 Å². The van der Waals surface area contributed by atoms with Crippen molar-refractivity contribution in [2.45, 2.75) is 13.2 Å². The van der Waals surface area contributed by atoms with Crippen molar-refractivity contribution in [1.82, 2.24) is 4.90 Å². The van der Waals surface area contributed by atoms with E-state index in [9.17, 15) is 0 Å². The first-order valence-electron chi connectivity index (χ1n) is 2.88. The zero-order chi connectivity index (χ0) is 6.69. The topological polar surface area (TPSA) is 32.7 Å². The van der Waals surface area contributed by atoms with Crippen molar-refractivity contribution in [3.63, 3.8) is 0 Å². The molecule has 1 fully saturated rings. The molecule has 1 aliphatic heterocycles. The summed E-state index contributed by atoms with van der Waals surface area (Å²) in [5.74, 6) is 1.63. The second kappa shape index (κ2) is 3.41. The van der Waals surface area contributed by atoms with Gasteiger partial charge in [0.15, 0.2) is 0 Å². The van der Waals surface area contributed by atoms with Crippen molar-refractivity contribution >= 4 is 11.8 Å². The molecule has 0 amide bonds. The summed E-state index contributed by atoms with van der Waals surface area (Å²) in [6.07, 6.45) is -0.377. The minimum atomic E-state index is -0.377. The van der Waals surface area contributed by atoms with Crippen LogP contribution in [0.2, 0.25) is 0 Å². The summed E-state index contributed by atoms with van der Waals surface area (Å²) in [5, 5.41) is 9.01. The zero-order valence-electron chi connectivity index (χ0n) is 5.41. The van der Waals surface area contributed by atoms with Gasteiger partial charge in [0.05, 0.1) is 11.8 Å². The summed E-state index contributed by atoms with van der Waals surface area (Å²) in [7, 11) is 0. The van der Waals surface area contributed by atoms with Crippen LogP contribution in [0.25, 0.3) is 0 Å². The molecule has 0 bridgehead atoms. The summed E-state index contributed by atoms with van der Waals surface area (Å²) in [6.45, 7) is 2.31. The first-order valence-corrected chi connectivity index (χ1v) is 4.04. The van der Waals surface area contributed by atoms with Crippen LogP contribution in [0.5, 0.6) is 0 Å². The molecule has 0 radical (unpaired) electrons.